The SMILES string of the molecule is CCCNC(C(=O)OC)c1ccccc1C. The Bertz CT molecular complexity index is 350. The van der Waals surface area contributed by atoms with Crippen molar-refractivity contribution in [2.75, 3.05) is 13.7 Å². The Hall–Kier alpha value is -1.35. The summed E-state index contributed by atoms with van der Waals surface area (Å²) in [5.74, 6) is -0.234. The number of hydrogen-bond acceptors (Lipinski definition) is 3. The summed E-state index contributed by atoms with van der Waals surface area (Å²) in [6.45, 7) is 4.87. The fourth-order valence-corrected chi connectivity index (χ4v) is 1.64. The zero-order valence-electron chi connectivity index (χ0n) is 10.1. The van der Waals surface area contributed by atoms with E-state index in [0.29, 0.717) is 0 Å². The number of nitrogens with one attached hydrogen (secondary N) is 1. The van der Waals surface area contributed by atoms with E-state index in [4.69, 9.17) is 4.74 Å². The van der Waals surface area contributed by atoms with Crippen molar-refractivity contribution in [3.63, 3.8) is 0 Å². The molecule has 0 bridgehead atoms. The summed E-state index contributed by atoms with van der Waals surface area (Å²) in [4.78, 5) is 11.7. The Morgan fingerprint density at radius 3 is 2.69 bits per heavy atom. The highest BCUT2D eigenvalue weighted by Gasteiger charge is 2.21. The van der Waals surface area contributed by atoms with Gasteiger partial charge in [-0.3, -0.25) is 0 Å². The van der Waals surface area contributed by atoms with Crippen LogP contribution in [0.5, 0.6) is 0 Å². The molecule has 1 aromatic rings. The van der Waals surface area contributed by atoms with Crippen molar-refractivity contribution < 1.29 is 9.53 Å². The van der Waals surface area contributed by atoms with Crippen LogP contribution in [0.25, 0.3) is 0 Å². The highest BCUT2D eigenvalue weighted by atomic mass is 16.5. The van der Waals surface area contributed by atoms with Gasteiger partial charge in [-0.2, -0.15) is 0 Å². The molecule has 3 heteroatoms. The van der Waals surface area contributed by atoms with E-state index in [0.717, 1.165) is 24.1 Å². The van der Waals surface area contributed by atoms with E-state index < -0.39 is 0 Å². The van der Waals surface area contributed by atoms with E-state index in [1.807, 2.05) is 31.2 Å². The van der Waals surface area contributed by atoms with Crippen LogP contribution in [-0.4, -0.2) is 19.6 Å². The molecule has 1 atom stereocenters. The maximum Gasteiger partial charge on any atom is 0.327 e. The Labute approximate surface area is 96.8 Å². The van der Waals surface area contributed by atoms with Gasteiger partial charge < -0.3 is 10.1 Å². The Kier molecular flexibility index (Phi) is 4.99. The van der Waals surface area contributed by atoms with E-state index in [9.17, 15) is 4.79 Å². The Morgan fingerprint density at radius 2 is 2.12 bits per heavy atom. The minimum atomic E-state index is -0.355. The van der Waals surface area contributed by atoms with Gasteiger partial charge in [-0.05, 0) is 31.0 Å². The molecule has 0 heterocycles. The summed E-state index contributed by atoms with van der Waals surface area (Å²) < 4.78 is 4.82. The maximum atomic E-state index is 11.7. The lowest BCUT2D eigenvalue weighted by Gasteiger charge is -2.18. The first-order valence-corrected chi connectivity index (χ1v) is 5.57. The quantitative estimate of drug-likeness (QED) is 0.775. The van der Waals surface area contributed by atoms with Crippen molar-refractivity contribution in [2.24, 2.45) is 0 Å². The fourth-order valence-electron chi connectivity index (χ4n) is 1.64. The lowest BCUT2D eigenvalue weighted by molar-refractivity contribution is -0.143. The standard InChI is InChI=1S/C13H19NO2/c1-4-9-14-12(13(15)16-3)11-8-6-5-7-10(11)2/h5-8,12,14H,4,9H2,1-3H3. The first-order valence-electron chi connectivity index (χ1n) is 5.57. The van der Waals surface area contributed by atoms with Gasteiger partial charge in [-0.15, -0.1) is 0 Å². The summed E-state index contributed by atoms with van der Waals surface area (Å²) in [5.41, 5.74) is 2.09. The molecule has 0 aliphatic carbocycles. The number of hydrogen-bond donors (Lipinski definition) is 1. The lowest BCUT2D eigenvalue weighted by Crippen LogP contribution is -2.30. The normalized spacial score (nSPS) is 12.2. The molecule has 1 N–H and O–H groups in total. The molecule has 0 spiro atoms. The van der Waals surface area contributed by atoms with Crippen LogP contribution in [0, 0.1) is 6.92 Å². The van der Waals surface area contributed by atoms with Gasteiger partial charge in [-0.25, -0.2) is 4.79 Å². The zero-order valence-corrected chi connectivity index (χ0v) is 10.1. The summed E-state index contributed by atoms with van der Waals surface area (Å²) in [5, 5.41) is 3.20. The highest BCUT2D eigenvalue weighted by Crippen LogP contribution is 2.18. The predicted octanol–water partition coefficient (Wildman–Crippen LogP) is 2.21. The zero-order chi connectivity index (χ0) is 12.0. The molecule has 0 fully saturated rings. The molecule has 1 rings (SSSR count). The second kappa shape index (κ2) is 6.28. The van der Waals surface area contributed by atoms with Crippen LogP contribution in [0.4, 0.5) is 0 Å². The number of methoxy groups -OCH3 is 1. The third kappa shape index (κ3) is 3.07. The van der Waals surface area contributed by atoms with Gasteiger partial charge in [0.1, 0.15) is 6.04 Å². The van der Waals surface area contributed by atoms with Crippen LogP contribution < -0.4 is 5.32 Å². The second-order valence-corrected chi connectivity index (χ2v) is 3.77. The van der Waals surface area contributed by atoms with Crippen molar-refractivity contribution in [2.45, 2.75) is 26.3 Å². The average Bonchev–Trinajstić information content (AvgIpc) is 2.31. The number of rotatable bonds is 5. The predicted molar refractivity (Wildman–Crippen MR) is 64.2 cm³/mol. The highest BCUT2D eigenvalue weighted by molar-refractivity contribution is 5.78. The number of carbonyl (C=O) groups is 1. The average molecular weight is 221 g/mol. The third-order valence-corrected chi connectivity index (χ3v) is 2.53. The summed E-state index contributed by atoms with van der Waals surface area (Å²) in [6.07, 6.45) is 0.985. The maximum absolute atomic E-state index is 11.7. The molecule has 88 valence electrons. The molecule has 0 aliphatic rings. The van der Waals surface area contributed by atoms with Crippen molar-refractivity contribution >= 4 is 5.97 Å². The smallest absolute Gasteiger partial charge is 0.327 e. The van der Waals surface area contributed by atoms with E-state index in [2.05, 4.69) is 12.2 Å². The van der Waals surface area contributed by atoms with Gasteiger partial charge in [0.2, 0.25) is 0 Å². The summed E-state index contributed by atoms with van der Waals surface area (Å²) in [6, 6.07) is 7.50. The van der Waals surface area contributed by atoms with Gasteiger partial charge >= 0.3 is 5.97 Å². The molecule has 0 radical (unpaired) electrons. The number of esters is 1. The third-order valence-electron chi connectivity index (χ3n) is 2.53. The molecular weight excluding hydrogens is 202 g/mol. The molecule has 1 aromatic carbocycles. The minimum Gasteiger partial charge on any atom is -0.468 e. The minimum absolute atomic E-state index is 0.234. The summed E-state index contributed by atoms with van der Waals surface area (Å²) >= 11 is 0. The van der Waals surface area contributed by atoms with Gasteiger partial charge in [0.25, 0.3) is 0 Å². The van der Waals surface area contributed by atoms with Crippen molar-refractivity contribution in [3.8, 4) is 0 Å². The molecule has 0 aliphatic heterocycles. The van der Waals surface area contributed by atoms with E-state index >= 15 is 0 Å². The van der Waals surface area contributed by atoms with Gasteiger partial charge in [-0.1, -0.05) is 31.2 Å². The van der Waals surface area contributed by atoms with Crippen LogP contribution in [0.1, 0.15) is 30.5 Å². The molecule has 1 unspecified atom stereocenters. The Morgan fingerprint density at radius 1 is 1.44 bits per heavy atom. The van der Waals surface area contributed by atoms with Crippen LogP contribution in [-0.2, 0) is 9.53 Å². The number of ether oxygens (including phenoxy) is 1. The summed E-state index contributed by atoms with van der Waals surface area (Å²) in [7, 11) is 1.42. The van der Waals surface area contributed by atoms with Gasteiger partial charge in [0.05, 0.1) is 7.11 Å². The fraction of sp³-hybridized carbons (Fsp3) is 0.462. The lowest BCUT2D eigenvalue weighted by atomic mass is 10.0. The number of carbonyl (C=O) groups excluding carboxylic acids is 1. The van der Waals surface area contributed by atoms with E-state index in [1.54, 1.807) is 0 Å². The van der Waals surface area contributed by atoms with Crippen LogP contribution >= 0.6 is 0 Å². The largest absolute Gasteiger partial charge is 0.468 e. The van der Waals surface area contributed by atoms with Crippen molar-refractivity contribution in [1.82, 2.24) is 5.32 Å². The topological polar surface area (TPSA) is 38.3 Å². The molecule has 0 saturated heterocycles. The first-order chi connectivity index (χ1) is 7.70. The molecular formula is C13H19NO2. The van der Waals surface area contributed by atoms with Crippen LogP contribution in [0.15, 0.2) is 24.3 Å². The molecule has 0 aromatic heterocycles. The van der Waals surface area contributed by atoms with E-state index in [-0.39, 0.29) is 12.0 Å². The van der Waals surface area contributed by atoms with Crippen molar-refractivity contribution in [1.29, 1.82) is 0 Å². The molecule has 3 nitrogen and oxygen atoms in total. The van der Waals surface area contributed by atoms with Crippen LogP contribution in [0.2, 0.25) is 0 Å². The number of benzene rings is 1. The van der Waals surface area contributed by atoms with Gasteiger partial charge in [0, 0.05) is 0 Å². The molecule has 0 amide bonds. The number of aryl methyl sites for hydroxylation is 1. The Balaban J connectivity index is 2.92. The molecule has 16 heavy (non-hydrogen) atoms. The first kappa shape index (κ1) is 12.7. The van der Waals surface area contributed by atoms with Gasteiger partial charge in [0.15, 0.2) is 0 Å². The second-order valence-electron chi connectivity index (χ2n) is 3.77. The van der Waals surface area contributed by atoms with Crippen LogP contribution in [0.3, 0.4) is 0 Å². The monoisotopic (exact) mass is 221 g/mol. The van der Waals surface area contributed by atoms with Crippen molar-refractivity contribution in [3.05, 3.63) is 35.4 Å². The van der Waals surface area contributed by atoms with E-state index in [1.165, 1.54) is 7.11 Å². The molecule has 0 saturated carbocycles.